The molecule has 0 aromatic heterocycles. The lowest BCUT2D eigenvalue weighted by molar-refractivity contribution is -0.146. The van der Waals surface area contributed by atoms with Crippen LogP contribution in [0.1, 0.15) is 30.5 Å². The van der Waals surface area contributed by atoms with Gasteiger partial charge in [0.15, 0.2) is 6.61 Å². The van der Waals surface area contributed by atoms with Gasteiger partial charge in [-0.15, -0.1) is 0 Å². The van der Waals surface area contributed by atoms with E-state index in [0.29, 0.717) is 0 Å². The van der Waals surface area contributed by atoms with E-state index in [1.165, 1.54) is 0 Å². The summed E-state index contributed by atoms with van der Waals surface area (Å²) in [5.41, 5.74) is 3.84. The van der Waals surface area contributed by atoms with Crippen molar-refractivity contribution in [1.29, 1.82) is 0 Å². The average Bonchev–Trinajstić information content (AvgIpc) is 2.62. The first-order chi connectivity index (χ1) is 12.0. The Hall–Kier alpha value is -2.14. The highest BCUT2D eigenvalue weighted by molar-refractivity contribution is 9.10. The van der Waals surface area contributed by atoms with Crippen molar-refractivity contribution in [3.05, 3.63) is 63.6 Å². The highest BCUT2D eigenvalue weighted by Gasteiger charge is 2.12. The number of aryl methyl sites for hydroxylation is 2. The molecule has 5 heteroatoms. The number of rotatable bonds is 7. The summed E-state index contributed by atoms with van der Waals surface area (Å²) in [6.45, 7) is 3.81. The highest BCUT2D eigenvalue weighted by Crippen LogP contribution is 2.22. The fourth-order valence-corrected chi connectivity index (χ4v) is 2.81. The molecule has 25 heavy (non-hydrogen) atoms. The third-order valence-electron chi connectivity index (χ3n) is 3.89. The van der Waals surface area contributed by atoms with E-state index in [1.807, 2.05) is 56.3 Å². The first kappa shape index (κ1) is 19.2. The summed E-state index contributed by atoms with van der Waals surface area (Å²) in [5, 5.41) is 2.89. The van der Waals surface area contributed by atoms with Crippen molar-refractivity contribution in [2.24, 2.45) is 0 Å². The van der Waals surface area contributed by atoms with Crippen molar-refractivity contribution in [3.63, 3.8) is 0 Å². The van der Waals surface area contributed by atoms with E-state index in [0.717, 1.165) is 39.7 Å². The molecule has 0 atom stereocenters. The maximum Gasteiger partial charge on any atom is 0.310 e. The number of benzene rings is 2. The van der Waals surface area contributed by atoms with Crippen molar-refractivity contribution < 1.29 is 14.3 Å². The second-order valence-corrected chi connectivity index (χ2v) is 6.59. The number of halogens is 1. The molecule has 2 aromatic carbocycles. The standard InChI is InChI=1S/C20H22BrNO3/c1-3-15-6-5-7-16(4-2)20(15)22-18(23)13-25-19(24)12-14-8-10-17(21)11-9-14/h5-11H,3-4,12-13H2,1-2H3,(H,22,23). The fourth-order valence-electron chi connectivity index (χ4n) is 2.54. The van der Waals surface area contributed by atoms with Crippen molar-refractivity contribution >= 4 is 33.5 Å². The number of ether oxygens (including phenoxy) is 1. The monoisotopic (exact) mass is 403 g/mol. The number of hydrogen-bond donors (Lipinski definition) is 1. The van der Waals surface area contributed by atoms with Crippen LogP contribution in [0.2, 0.25) is 0 Å². The Labute approximate surface area is 156 Å². The van der Waals surface area contributed by atoms with Crippen molar-refractivity contribution in [2.45, 2.75) is 33.1 Å². The van der Waals surface area contributed by atoms with Crippen molar-refractivity contribution in [2.75, 3.05) is 11.9 Å². The zero-order valence-electron chi connectivity index (χ0n) is 14.5. The first-order valence-electron chi connectivity index (χ1n) is 8.34. The molecular formula is C20H22BrNO3. The van der Waals surface area contributed by atoms with Crippen LogP contribution >= 0.6 is 15.9 Å². The Morgan fingerprint density at radius 2 is 1.60 bits per heavy atom. The lowest BCUT2D eigenvalue weighted by Gasteiger charge is -2.14. The average molecular weight is 404 g/mol. The predicted octanol–water partition coefficient (Wildman–Crippen LogP) is 4.30. The van der Waals surface area contributed by atoms with Crippen LogP contribution in [0.25, 0.3) is 0 Å². The Balaban J connectivity index is 1.90. The number of carbonyl (C=O) groups is 2. The van der Waals surface area contributed by atoms with Crippen LogP contribution in [0, 0.1) is 0 Å². The molecule has 0 radical (unpaired) electrons. The van der Waals surface area contributed by atoms with Gasteiger partial charge in [-0.1, -0.05) is 60.1 Å². The van der Waals surface area contributed by atoms with Crippen LogP contribution in [0.3, 0.4) is 0 Å². The number of para-hydroxylation sites is 1. The maximum absolute atomic E-state index is 12.2. The molecule has 0 heterocycles. The van der Waals surface area contributed by atoms with Gasteiger partial charge in [-0.05, 0) is 41.7 Å². The second-order valence-electron chi connectivity index (χ2n) is 5.67. The number of anilines is 1. The van der Waals surface area contributed by atoms with E-state index in [2.05, 4.69) is 21.2 Å². The minimum Gasteiger partial charge on any atom is -0.455 e. The molecule has 2 rings (SSSR count). The highest BCUT2D eigenvalue weighted by atomic mass is 79.9. The number of esters is 1. The van der Waals surface area contributed by atoms with Crippen LogP contribution in [-0.4, -0.2) is 18.5 Å². The number of amides is 1. The minimum atomic E-state index is -0.419. The SMILES string of the molecule is CCc1cccc(CC)c1NC(=O)COC(=O)Cc1ccc(Br)cc1. The molecule has 0 unspecified atom stereocenters. The van der Waals surface area contributed by atoms with Crippen molar-refractivity contribution in [3.8, 4) is 0 Å². The van der Waals surface area contributed by atoms with Gasteiger partial charge in [-0.25, -0.2) is 0 Å². The molecule has 0 aliphatic heterocycles. The molecule has 0 saturated carbocycles. The number of hydrogen-bond acceptors (Lipinski definition) is 3. The van der Waals surface area contributed by atoms with Gasteiger partial charge in [0.25, 0.3) is 5.91 Å². The van der Waals surface area contributed by atoms with Gasteiger partial charge in [0.2, 0.25) is 0 Å². The molecule has 1 N–H and O–H groups in total. The minimum absolute atomic E-state index is 0.145. The van der Waals surface area contributed by atoms with E-state index in [-0.39, 0.29) is 18.9 Å². The predicted molar refractivity (Wildman–Crippen MR) is 103 cm³/mol. The molecular weight excluding hydrogens is 382 g/mol. The van der Waals surface area contributed by atoms with Crippen molar-refractivity contribution in [1.82, 2.24) is 0 Å². The van der Waals surface area contributed by atoms with Gasteiger partial charge >= 0.3 is 5.97 Å². The third kappa shape index (κ3) is 5.71. The van der Waals surface area contributed by atoms with Gasteiger partial charge in [-0.2, -0.15) is 0 Å². The zero-order chi connectivity index (χ0) is 18.2. The summed E-state index contributed by atoms with van der Waals surface area (Å²) in [7, 11) is 0. The Bertz CT molecular complexity index is 719. The lowest BCUT2D eigenvalue weighted by Crippen LogP contribution is -2.23. The van der Waals surface area contributed by atoms with E-state index in [1.54, 1.807) is 0 Å². The van der Waals surface area contributed by atoms with Gasteiger partial charge in [0, 0.05) is 10.2 Å². The normalized spacial score (nSPS) is 10.4. The Morgan fingerprint density at radius 3 is 2.16 bits per heavy atom. The molecule has 4 nitrogen and oxygen atoms in total. The molecule has 0 spiro atoms. The lowest BCUT2D eigenvalue weighted by atomic mass is 10.0. The Kier molecular flexibility index (Phi) is 7.19. The summed E-state index contributed by atoms with van der Waals surface area (Å²) in [6, 6.07) is 13.4. The molecule has 1 amide bonds. The van der Waals surface area contributed by atoms with E-state index in [9.17, 15) is 9.59 Å². The quantitative estimate of drug-likeness (QED) is 0.701. The zero-order valence-corrected chi connectivity index (χ0v) is 16.1. The first-order valence-corrected chi connectivity index (χ1v) is 9.13. The maximum atomic E-state index is 12.2. The van der Waals surface area contributed by atoms with Crippen LogP contribution in [0.5, 0.6) is 0 Å². The largest absolute Gasteiger partial charge is 0.455 e. The third-order valence-corrected chi connectivity index (χ3v) is 4.42. The molecule has 0 bridgehead atoms. The van der Waals surface area contributed by atoms with Crippen LogP contribution in [-0.2, 0) is 33.6 Å². The molecule has 132 valence electrons. The summed E-state index contributed by atoms with van der Waals surface area (Å²) in [6.07, 6.45) is 1.80. The van der Waals surface area contributed by atoms with Gasteiger partial charge in [-0.3, -0.25) is 9.59 Å². The molecule has 0 aliphatic rings. The summed E-state index contributed by atoms with van der Waals surface area (Å²) < 4.78 is 6.04. The summed E-state index contributed by atoms with van der Waals surface area (Å²) in [4.78, 5) is 24.0. The topological polar surface area (TPSA) is 55.4 Å². The van der Waals surface area contributed by atoms with Crippen LogP contribution < -0.4 is 5.32 Å². The van der Waals surface area contributed by atoms with E-state index < -0.39 is 5.97 Å². The second kappa shape index (κ2) is 9.37. The molecule has 0 aliphatic carbocycles. The summed E-state index contributed by atoms with van der Waals surface area (Å²) in [5.74, 6) is -0.739. The molecule has 2 aromatic rings. The number of carbonyl (C=O) groups excluding carboxylic acids is 2. The smallest absolute Gasteiger partial charge is 0.310 e. The fraction of sp³-hybridized carbons (Fsp3) is 0.300. The van der Waals surface area contributed by atoms with Crippen LogP contribution in [0.4, 0.5) is 5.69 Å². The van der Waals surface area contributed by atoms with E-state index in [4.69, 9.17) is 4.74 Å². The number of nitrogens with one attached hydrogen (secondary N) is 1. The Morgan fingerprint density at radius 1 is 1.00 bits per heavy atom. The molecule has 0 saturated heterocycles. The molecule has 0 fully saturated rings. The van der Waals surface area contributed by atoms with E-state index >= 15 is 0 Å². The van der Waals surface area contributed by atoms with Gasteiger partial charge < -0.3 is 10.1 Å². The van der Waals surface area contributed by atoms with Crippen LogP contribution in [0.15, 0.2) is 46.9 Å². The van der Waals surface area contributed by atoms with Gasteiger partial charge in [0.05, 0.1) is 6.42 Å². The summed E-state index contributed by atoms with van der Waals surface area (Å²) >= 11 is 3.35. The van der Waals surface area contributed by atoms with Gasteiger partial charge in [0.1, 0.15) is 0 Å².